The van der Waals surface area contributed by atoms with Gasteiger partial charge < -0.3 is 21.1 Å². The number of anilines is 2. The summed E-state index contributed by atoms with van der Waals surface area (Å²) in [5, 5.41) is 13.2. The molecule has 1 aromatic rings. The standard InChI is InChI=1S/C14H24N4O2S/c1-14(2,3)17-13-16-11(15)10(21-13)12(20)18(4)7-8-5-9(19)6-8/h8-9,19H,5-7,15H2,1-4H3,(H,16,17). The molecule has 1 saturated carbocycles. The van der Waals surface area contributed by atoms with Crippen LogP contribution >= 0.6 is 11.3 Å². The van der Waals surface area contributed by atoms with Crippen LogP contribution in [-0.4, -0.2) is 46.1 Å². The smallest absolute Gasteiger partial charge is 0.267 e. The largest absolute Gasteiger partial charge is 0.393 e. The fourth-order valence-corrected chi connectivity index (χ4v) is 3.44. The van der Waals surface area contributed by atoms with Crippen LogP contribution in [0, 0.1) is 5.92 Å². The van der Waals surface area contributed by atoms with Gasteiger partial charge in [0.2, 0.25) is 0 Å². The summed E-state index contributed by atoms with van der Waals surface area (Å²) in [7, 11) is 1.77. The van der Waals surface area contributed by atoms with Crippen LogP contribution in [0.5, 0.6) is 0 Å². The van der Waals surface area contributed by atoms with Crippen molar-refractivity contribution >= 4 is 28.2 Å². The summed E-state index contributed by atoms with van der Waals surface area (Å²) >= 11 is 1.29. The van der Waals surface area contributed by atoms with Gasteiger partial charge in [-0.15, -0.1) is 0 Å². The topological polar surface area (TPSA) is 91.5 Å². The van der Waals surface area contributed by atoms with Crippen molar-refractivity contribution in [1.29, 1.82) is 0 Å². The minimum Gasteiger partial charge on any atom is -0.393 e. The first-order valence-corrected chi connectivity index (χ1v) is 7.95. The molecule has 1 amide bonds. The van der Waals surface area contributed by atoms with Gasteiger partial charge in [-0.3, -0.25) is 4.79 Å². The highest BCUT2D eigenvalue weighted by Gasteiger charge is 2.30. The van der Waals surface area contributed by atoms with E-state index in [4.69, 9.17) is 5.73 Å². The van der Waals surface area contributed by atoms with Crippen molar-refractivity contribution in [2.24, 2.45) is 5.92 Å². The minimum absolute atomic E-state index is 0.103. The highest BCUT2D eigenvalue weighted by atomic mass is 32.1. The number of nitrogens with one attached hydrogen (secondary N) is 1. The average molecular weight is 312 g/mol. The van der Waals surface area contributed by atoms with Gasteiger partial charge >= 0.3 is 0 Å². The molecule has 0 atom stereocenters. The zero-order valence-corrected chi connectivity index (χ0v) is 13.8. The molecule has 118 valence electrons. The molecule has 1 fully saturated rings. The van der Waals surface area contributed by atoms with Gasteiger partial charge in [0.25, 0.3) is 5.91 Å². The van der Waals surface area contributed by atoms with Crippen LogP contribution in [0.1, 0.15) is 43.3 Å². The number of nitrogens with two attached hydrogens (primary N) is 1. The lowest BCUT2D eigenvalue weighted by atomic mass is 9.82. The van der Waals surface area contributed by atoms with Crippen molar-refractivity contribution in [2.45, 2.75) is 45.3 Å². The van der Waals surface area contributed by atoms with Gasteiger partial charge in [0.1, 0.15) is 10.7 Å². The van der Waals surface area contributed by atoms with Gasteiger partial charge in [-0.05, 0) is 39.5 Å². The van der Waals surface area contributed by atoms with Crippen molar-refractivity contribution < 1.29 is 9.90 Å². The van der Waals surface area contributed by atoms with Gasteiger partial charge in [-0.25, -0.2) is 4.98 Å². The number of rotatable bonds is 4. The molecule has 1 aliphatic carbocycles. The van der Waals surface area contributed by atoms with E-state index in [-0.39, 0.29) is 23.4 Å². The Labute approximate surface area is 129 Å². The first kappa shape index (κ1) is 16.0. The molecule has 7 heteroatoms. The monoisotopic (exact) mass is 312 g/mol. The first-order valence-electron chi connectivity index (χ1n) is 7.13. The van der Waals surface area contributed by atoms with Crippen molar-refractivity contribution in [3.05, 3.63) is 4.88 Å². The zero-order valence-electron chi connectivity index (χ0n) is 13.0. The molecule has 0 aliphatic heterocycles. The molecule has 4 N–H and O–H groups in total. The summed E-state index contributed by atoms with van der Waals surface area (Å²) < 4.78 is 0. The van der Waals surface area contributed by atoms with Crippen LogP contribution in [0.15, 0.2) is 0 Å². The van der Waals surface area contributed by atoms with Crippen LogP contribution in [0.25, 0.3) is 0 Å². The molecule has 1 aromatic heterocycles. The van der Waals surface area contributed by atoms with Crippen molar-refractivity contribution in [2.75, 3.05) is 24.6 Å². The van der Waals surface area contributed by atoms with E-state index < -0.39 is 0 Å². The summed E-state index contributed by atoms with van der Waals surface area (Å²) in [6.45, 7) is 6.73. The molecule has 0 bridgehead atoms. The first-order chi connectivity index (χ1) is 9.65. The third-order valence-corrected chi connectivity index (χ3v) is 4.39. The Hall–Kier alpha value is -1.34. The quantitative estimate of drug-likeness (QED) is 0.788. The lowest BCUT2D eigenvalue weighted by Crippen LogP contribution is -2.39. The SMILES string of the molecule is CN(CC1CC(O)C1)C(=O)c1sc(NC(C)(C)C)nc1N. The van der Waals surface area contributed by atoms with E-state index >= 15 is 0 Å². The number of aliphatic hydroxyl groups excluding tert-OH is 1. The predicted octanol–water partition coefficient (Wildman–Crippen LogP) is 1.78. The van der Waals surface area contributed by atoms with Crippen LogP contribution in [0.2, 0.25) is 0 Å². The van der Waals surface area contributed by atoms with E-state index in [0.29, 0.717) is 22.5 Å². The molecule has 0 unspecified atom stereocenters. The van der Waals surface area contributed by atoms with Gasteiger partial charge in [0.05, 0.1) is 6.10 Å². The highest BCUT2D eigenvalue weighted by Crippen LogP contribution is 2.31. The molecule has 0 saturated heterocycles. The number of nitrogen functional groups attached to an aromatic ring is 1. The minimum atomic E-state index is -0.199. The molecule has 1 heterocycles. The molecule has 0 spiro atoms. The van der Waals surface area contributed by atoms with Crippen molar-refractivity contribution in [1.82, 2.24) is 9.88 Å². The summed E-state index contributed by atoms with van der Waals surface area (Å²) in [5.41, 5.74) is 5.74. The number of nitrogens with zero attached hydrogens (tertiary/aromatic N) is 2. The Bertz CT molecular complexity index is 518. The van der Waals surface area contributed by atoms with Gasteiger partial charge in [-0.1, -0.05) is 11.3 Å². The van der Waals surface area contributed by atoms with Gasteiger partial charge in [0, 0.05) is 19.1 Å². The summed E-state index contributed by atoms with van der Waals surface area (Å²) in [6.07, 6.45) is 1.34. The second kappa shape index (κ2) is 5.81. The molecule has 1 aliphatic rings. The number of aromatic nitrogens is 1. The number of amides is 1. The fourth-order valence-electron chi connectivity index (χ4n) is 2.35. The Morgan fingerprint density at radius 2 is 2.14 bits per heavy atom. The van der Waals surface area contributed by atoms with Crippen LogP contribution in [0.3, 0.4) is 0 Å². The molecular weight excluding hydrogens is 288 g/mol. The maximum Gasteiger partial charge on any atom is 0.267 e. The molecule has 0 radical (unpaired) electrons. The van der Waals surface area contributed by atoms with E-state index in [9.17, 15) is 9.90 Å². The van der Waals surface area contributed by atoms with E-state index in [1.165, 1.54) is 11.3 Å². The molecule has 6 nitrogen and oxygen atoms in total. The van der Waals surface area contributed by atoms with E-state index in [1.807, 2.05) is 20.8 Å². The van der Waals surface area contributed by atoms with Crippen LogP contribution in [-0.2, 0) is 0 Å². The third-order valence-electron chi connectivity index (χ3n) is 3.42. The predicted molar refractivity (Wildman–Crippen MR) is 85.6 cm³/mol. The Balaban J connectivity index is 2.01. The Morgan fingerprint density at radius 3 is 2.67 bits per heavy atom. The second-order valence-corrected chi connectivity index (χ2v) is 7.78. The number of aliphatic hydroxyl groups is 1. The third kappa shape index (κ3) is 4.07. The lowest BCUT2D eigenvalue weighted by Gasteiger charge is -2.34. The number of carbonyl (C=O) groups excluding carboxylic acids is 1. The molecule has 0 aromatic carbocycles. The van der Waals surface area contributed by atoms with E-state index in [2.05, 4.69) is 10.3 Å². The fraction of sp³-hybridized carbons (Fsp3) is 0.714. The van der Waals surface area contributed by atoms with E-state index in [1.54, 1.807) is 11.9 Å². The maximum atomic E-state index is 12.4. The lowest BCUT2D eigenvalue weighted by molar-refractivity contribution is 0.0266. The summed E-state index contributed by atoms with van der Waals surface area (Å²) in [4.78, 5) is 18.8. The summed E-state index contributed by atoms with van der Waals surface area (Å²) in [5.74, 6) is 0.556. The summed E-state index contributed by atoms with van der Waals surface area (Å²) in [6, 6.07) is 0. The van der Waals surface area contributed by atoms with Gasteiger partial charge in [0.15, 0.2) is 5.13 Å². The normalized spacial score (nSPS) is 21.8. The number of hydrogen-bond donors (Lipinski definition) is 3. The average Bonchev–Trinajstić information content (AvgIpc) is 2.64. The molecule has 2 rings (SSSR count). The molecular formula is C14H24N4O2S. The van der Waals surface area contributed by atoms with Crippen LogP contribution < -0.4 is 11.1 Å². The maximum absolute atomic E-state index is 12.4. The van der Waals surface area contributed by atoms with E-state index in [0.717, 1.165) is 12.8 Å². The van der Waals surface area contributed by atoms with Gasteiger partial charge in [-0.2, -0.15) is 0 Å². The number of carbonyl (C=O) groups is 1. The highest BCUT2D eigenvalue weighted by molar-refractivity contribution is 7.18. The number of hydrogen-bond acceptors (Lipinski definition) is 6. The van der Waals surface area contributed by atoms with Crippen molar-refractivity contribution in [3.63, 3.8) is 0 Å². The number of thiazole rings is 1. The van der Waals surface area contributed by atoms with Crippen LogP contribution in [0.4, 0.5) is 10.9 Å². The van der Waals surface area contributed by atoms with Crippen molar-refractivity contribution in [3.8, 4) is 0 Å². The Kier molecular flexibility index (Phi) is 4.43. The molecule has 21 heavy (non-hydrogen) atoms. The Morgan fingerprint density at radius 1 is 1.52 bits per heavy atom. The zero-order chi connectivity index (χ0) is 15.8. The second-order valence-electron chi connectivity index (χ2n) is 6.79.